The number of nitrogens with zero attached hydrogens (tertiary/aromatic N) is 2. The van der Waals surface area contributed by atoms with Gasteiger partial charge in [-0.3, -0.25) is 9.98 Å². The molecular weight excluding hydrogens is 675 g/mol. The molecule has 0 saturated carbocycles. The number of phenolic OH excluding ortho intramolecular Hbond substituents is 1. The van der Waals surface area contributed by atoms with Gasteiger partial charge in [0.1, 0.15) is 5.56 Å². The van der Waals surface area contributed by atoms with Crippen LogP contribution in [0.15, 0.2) is 70.6 Å². The van der Waals surface area contributed by atoms with E-state index in [0.29, 0.717) is 12.0 Å². The normalized spacial score (nSPS) is 12.2. The van der Waals surface area contributed by atoms with Crippen molar-refractivity contribution in [2.75, 3.05) is 0 Å². The first-order chi connectivity index (χ1) is 22.1. The molecule has 3 N–H and O–H groups in total. The SMILES string of the molecule is CCCCC(=Nc1cccc(C[Si](C)(C)C)c1)C(CCCC)=Nc1cccc(C[Si](C)(C)C)c1.CCc1ccc(O)c(O)c1C(=O)O.[Ni]. The topological polar surface area (TPSA) is 102 Å². The third kappa shape index (κ3) is 15.5. The van der Waals surface area contributed by atoms with Crippen molar-refractivity contribution >= 4 is 44.9 Å². The van der Waals surface area contributed by atoms with Crippen LogP contribution in [0.2, 0.25) is 39.3 Å². The summed E-state index contributed by atoms with van der Waals surface area (Å²) >= 11 is 0. The van der Waals surface area contributed by atoms with Crippen molar-refractivity contribution < 1.29 is 36.6 Å². The van der Waals surface area contributed by atoms with E-state index in [0.717, 1.165) is 37.1 Å². The van der Waals surface area contributed by atoms with E-state index in [4.69, 9.17) is 20.2 Å². The number of hydrogen-bond acceptors (Lipinski definition) is 5. The number of aryl methyl sites for hydroxylation is 1. The Morgan fingerprint density at radius 1 is 0.688 bits per heavy atom. The molecule has 9 heteroatoms. The minimum absolute atomic E-state index is 0. The van der Waals surface area contributed by atoms with Crippen LogP contribution in [0.5, 0.6) is 11.5 Å². The van der Waals surface area contributed by atoms with Gasteiger partial charge in [0.15, 0.2) is 11.5 Å². The standard InChI is InChI=1S/C30H48N2Si2.C9H10O4.Ni/c1-9-11-19-29(31-27-17-13-15-25(21-27)23-33(3,4)5)30(20-12-10-2)32-28-18-14-16-26(22-28)24-34(6,7)8;1-2-5-3-4-6(10)8(11)7(5)9(12)13;/h13-18,21-22H,9-12,19-20,23-24H2,1-8H3;3-4,10-11H,2H2,1H3,(H,12,13);. The van der Waals surface area contributed by atoms with Gasteiger partial charge in [0.25, 0.3) is 0 Å². The van der Waals surface area contributed by atoms with Crippen LogP contribution in [0.1, 0.15) is 86.3 Å². The zero-order chi connectivity index (χ0) is 35.2. The molecule has 0 amide bonds. The zero-order valence-electron chi connectivity index (χ0n) is 30.6. The molecule has 0 bridgehead atoms. The Hall–Kier alpha value is -3.00. The predicted molar refractivity (Wildman–Crippen MR) is 206 cm³/mol. The largest absolute Gasteiger partial charge is 0.504 e. The minimum Gasteiger partial charge on any atom is -0.504 e. The summed E-state index contributed by atoms with van der Waals surface area (Å²) in [5.41, 5.74) is 7.64. The molecule has 0 fully saturated rings. The maximum atomic E-state index is 10.7. The number of aromatic carboxylic acids is 1. The fourth-order valence-electron chi connectivity index (χ4n) is 5.38. The number of unbranched alkanes of at least 4 members (excludes halogenated alkanes) is 2. The Morgan fingerprint density at radius 3 is 1.48 bits per heavy atom. The third-order valence-corrected chi connectivity index (χ3v) is 10.5. The van der Waals surface area contributed by atoms with Crippen LogP contribution in [0.4, 0.5) is 11.4 Å². The van der Waals surface area contributed by atoms with E-state index in [2.05, 4.69) is 102 Å². The number of aromatic hydroxyl groups is 2. The van der Waals surface area contributed by atoms with Crippen LogP contribution in [0.3, 0.4) is 0 Å². The van der Waals surface area contributed by atoms with E-state index in [-0.39, 0.29) is 22.1 Å². The molecule has 266 valence electrons. The fraction of sp³-hybridized carbons (Fsp3) is 0.462. The molecule has 3 rings (SSSR count). The van der Waals surface area contributed by atoms with E-state index in [1.807, 2.05) is 0 Å². The van der Waals surface area contributed by atoms with Gasteiger partial charge in [-0.15, -0.1) is 0 Å². The maximum absolute atomic E-state index is 10.7. The monoisotopic (exact) mass is 732 g/mol. The molecule has 3 aromatic rings. The summed E-state index contributed by atoms with van der Waals surface area (Å²) in [6.45, 7) is 20.9. The van der Waals surface area contributed by atoms with Gasteiger partial charge in [-0.1, -0.05) is 103 Å². The van der Waals surface area contributed by atoms with Gasteiger partial charge >= 0.3 is 5.97 Å². The molecule has 0 heterocycles. The van der Waals surface area contributed by atoms with Gasteiger partial charge in [-0.25, -0.2) is 4.79 Å². The van der Waals surface area contributed by atoms with Crippen LogP contribution < -0.4 is 0 Å². The summed E-state index contributed by atoms with van der Waals surface area (Å²) in [6, 6.07) is 23.0. The summed E-state index contributed by atoms with van der Waals surface area (Å²) in [4.78, 5) is 21.1. The minimum atomic E-state index is -1.23. The molecule has 0 aliphatic heterocycles. The molecule has 0 unspecified atom stereocenters. The Labute approximate surface area is 301 Å². The Kier molecular flexibility index (Phi) is 18.4. The smallest absolute Gasteiger partial charge is 0.339 e. The number of carboxylic acids is 1. The average Bonchev–Trinajstić information content (AvgIpc) is 2.97. The molecule has 0 aromatic heterocycles. The number of phenols is 2. The first-order valence-corrected chi connectivity index (χ1v) is 24.6. The summed E-state index contributed by atoms with van der Waals surface area (Å²) in [6.07, 6.45) is 7.11. The van der Waals surface area contributed by atoms with Gasteiger partial charge in [-0.2, -0.15) is 0 Å². The Balaban J connectivity index is 0.000000689. The number of carbonyl (C=O) groups is 1. The van der Waals surface area contributed by atoms with Crippen molar-refractivity contribution in [3.8, 4) is 11.5 Å². The number of aliphatic imine (C=N–C) groups is 2. The number of hydrogen-bond donors (Lipinski definition) is 3. The zero-order valence-corrected chi connectivity index (χ0v) is 33.6. The second-order valence-corrected chi connectivity index (χ2v) is 25.7. The van der Waals surface area contributed by atoms with E-state index in [9.17, 15) is 9.90 Å². The van der Waals surface area contributed by atoms with Crippen LogP contribution in [0.25, 0.3) is 0 Å². The first kappa shape index (κ1) is 43.0. The molecule has 0 saturated heterocycles. The molecule has 48 heavy (non-hydrogen) atoms. The molecule has 0 spiro atoms. The van der Waals surface area contributed by atoms with Crippen LogP contribution in [-0.2, 0) is 35.0 Å². The first-order valence-electron chi connectivity index (χ1n) is 17.2. The van der Waals surface area contributed by atoms with Gasteiger partial charge in [-0.05, 0) is 91.2 Å². The van der Waals surface area contributed by atoms with Gasteiger partial charge in [0, 0.05) is 32.6 Å². The predicted octanol–water partition coefficient (Wildman–Crippen LogP) is 11.1. The van der Waals surface area contributed by atoms with Gasteiger partial charge < -0.3 is 15.3 Å². The summed E-state index contributed by atoms with van der Waals surface area (Å²) in [5, 5.41) is 27.0. The van der Waals surface area contributed by atoms with E-state index in [1.54, 1.807) is 6.92 Å². The van der Waals surface area contributed by atoms with Gasteiger partial charge in [0.2, 0.25) is 0 Å². The average molecular weight is 734 g/mol. The fourth-order valence-corrected chi connectivity index (χ4v) is 8.27. The third-order valence-electron chi connectivity index (χ3n) is 7.52. The van der Waals surface area contributed by atoms with E-state index < -0.39 is 33.6 Å². The van der Waals surface area contributed by atoms with Crippen molar-refractivity contribution in [2.24, 2.45) is 9.98 Å². The molecule has 0 aliphatic rings. The molecule has 6 nitrogen and oxygen atoms in total. The van der Waals surface area contributed by atoms with Crippen molar-refractivity contribution in [3.63, 3.8) is 0 Å². The summed E-state index contributed by atoms with van der Waals surface area (Å²) < 4.78 is 0. The van der Waals surface area contributed by atoms with Crippen molar-refractivity contribution in [1.82, 2.24) is 0 Å². The number of rotatable bonds is 15. The van der Waals surface area contributed by atoms with Crippen LogP contribution >= 0.6 is 0 Å². The maximum Gasteiger partial charge on any atom is 0.339 e. The Bertz CT molecular complexity index is 1450. The number of carboxylic acid groups (broad SMARTS) is 1. The molecular formula is C39H58N2NiO4Si2. The second-order valence-electron chi connectivity index (χ2n) is 14.8. The second kappa shape index (κ2) is 20.5. The van der Waals surface area contributed by atoms with E-state index >= 15 is 0 Å². The molecule has 3 aromatic carbocycles. The van der Waals surface area contributed by atoms with Crippen LogP contribution in [0, 0.1) is 0 Å². The molecule has 0 atom stereocenters. The summed E-state index contributed by atoms with van der Waals surface area (Å²) in [5.74, 6) is -2.20. The molecule has 0 radical (unpaired) electrons. The van der Waals surface area contributed by atoms with Crippen LogP contribution in [-0.4, -0.2) is 48.9 Å². The summed E-state index contributed by atoms with van der Waals surface area (Å²) in [7, 11) is -2.33. The number of benzene rings is 3. The molecule has 0 aliphatic carbocycles. The van der Waals surface area contributed by atoms with Gasteiger partial charge in [0.05, 0.1) is 22.8 Å². The van der Waals surface area contributed by atoms with Crippen molar-refractivity contribution in [2.45, 2.75) is 117 Å². The quantitative estimate of drug-likeness (QED) is 0.0822. The van der Waals surface area contributed by atoms with Crippen molar-refractivity contribution in [1.29, 1.82) is 0 Å². The van der Waals surface area contributed by atoms with E-state index in [1.165, 1.54) is 59.6 Å². The Morgan fingerprint density at radius 2 is 1.12 bits per heavy atom. The van der Waals surface area contributed by atoms with Crippen molar-refractivity contribution in [3.05, 3.63) is 82.9 Å².